The van der Waals surface area contributed by atoms with Crippen LogP contribution in [0, 0.1) is 13.8 Å². The van der Waals surface area contributed by atoms with E-state index in [0.29, 0.717) is 10.8 Å². The van der Waals surface area contributed by atoms with Gasteiger partial charge in [0.15, 0.2) is 5.16 Å². The van der Waals surface area contributed by atoms with Gasteiger partial charge in [0.1, 0.15) is 5.82 Å². The van der Waals surface area contributed by atoms with Crippen molar-refractivity contribution in [3.8, 4) is 5.69 Å². The second-order valence-corrected chi connectivity index (χ2v) is 6.95. The highest BCUT2D eigenvalue weighted by Gasteiger charge is 2.11. The minimum absolute atomic E-state index is 0.144. The molecule has 7 heteroatoms. The van der Waals surface area contributed by atoms with Crippen molar-refractivity contribution in [2.24, 2.45) is 0 Å². The van der Waals surface area contributed by atoms with Crippen molar-refractivity contribution in [2.45, 2.75) is 19.0 Å². The van der Waals surface area contributed by atoms with Crippen molar-refractivity contribution in [2.75, 3.05) is 11.1 Å². The van der Waals surface area contributed by atoms with E-state index in [1.54, 1.807) is 18.3 Å². The van der Waals surface area contributed by atoms with Gasteiger partial charge in [-0.3, -0.25) is 9.36 Å². The maximum Gasteiger partial charge on any atom is 0.236 e. The topological polar surface area (TPSA) is 59.8 Å². The quantitative estimate of drug-likeness (QED) is 0.679. The van der Waals surface area contributed by atoms with Gasteiger partial charge in [-0.05, 0) is 37.6 Å². The molecule has 0 radical (unpaired) electrons. The number of nitrogens with zero attached hydrogens (tertiary/aromatic N) is 3. The number of thioether (sulfide) groups is 1. The molecule has 0 atom stereocenters. The monoisotopic (exact) mass is 372 g/mol. The largest absolute Gasteiger partial charge is 0.310 e. The van der Waals surface area contributed by atoms with Crippen molar-refractivity contribution >= 4 is 35.1 Å². The minimum atomic E-state index is -0.144. The number of halogens is 1. The van der Waals surface area contributed by atoms with Crippen LogP contribution in [0.4, 0.5) is 5.82 Å². The number of aryl methyl sites for hydroxylation is 2. The van der Waals surface area contributed by atoms with E-state index in [-0.39, 0.29) is 11.7 Å². The average molecular weight is 373 g/mol. The molecule has 0 aliphatic rings. The summed E-state index contributed by atoms with van der Waals surface area (Å²) >= 11 is 7.16. The number of pyridine rings is 1. The number of imidazole rings is 1. The number of benzene rings is 1. The molecule has 1 N–H and O–H groups in total. The van der Waals surface area contributed by atoms with Crippen molar-refractivity contribution in [3.05, 3.63) is 65.1 Å². The lowest BCUT2D eigenvalue weighted by Crippen LogP contribution is -2.15. The van der Waals surface area contributed by atoms with E-state index in [1.807, 2.05) is 10.8 Å². The van der Waals surface area contributed by atoms with Crippen LogP contribution >= 0.6 is 23.4 Å². The van der Waals surface area contributed by atoms with E-state index < -0.39 is 0 Å². The molecule has 0 fully saturated rings. The summed E-state index contributed by atoms with van der Waals surface area (Å²) in [6.45, 7) is 4.13. The number of amides is 1. The molecule has 0 aliphatic carbocycles. The molecule has 3 rings (SSSR count). The lowest BCUT2D eigenvalue weighted by Gasteiger charge is -2.11. The summed E-state index contributed by atoms with van der Waals surface area (Å²) in [7, 11) is 0. The maximum atomic E-state index is 12.1. The average Bonchev–Trinajstić information content (AvgIpc) is 3.03. The molecule has 0 saturated heterocycles. The summed E-state index contributed by atoms with van der Waals surface area (Å²) < 4.78 is 1.99. The minimum Gasteiger partial charge on any atom is -0.310 e. The molecule has 1 aromatic carbocycles. The molecular formula is C18H17ClN4OS. The standard InChI is InChI=1S/C18H17ClN4OS/c1-12-3-5-15(13(2)9-12)23-8-7-20-18(23)25-11-17(24)22-16-6-4-14(19)10-21-16/h3-10H,11H2,1-2H3,(H,21,22,24). The summed E-state index contributed by atoms with van der Waals surface area (Å²) in [5.41, 5.74) is 3.44. The zero-order valence-electron chi connectivity index (χ0n) is 13.9. The third-order valence-corrected chi connectivity index (χ3v) is 4.74. The Morgan fingerprint density at radius 1 is 1.24 bits per heavy atom. The van der Waals surface area contributed by atoms with Crippen LogP contribution in [0.15, 0.2) is 54.1 Å². The second-order valence-electron chi connectivity index (χ2n) is 5.57. The van der Waals surface area contributed by atoms with Gasteiger partial charge in [-0.2, -0.15) is 0 Å². The van der Waals surface area contributed by atoms with E-state index in [4.69, 9.17) is 11.6 Å². The second kappa shape index (κ2) is 7.72. The number of nitrogens with one attached hydrogen (secondary N) is 1. The van der Waals surface area contributed by atoms with Crippen LogP contribution in [0.1, 0.15) is 11.1 Å². The van der Waals surface area contributed by atoms with Crippen LogP contribution in [-0.4, -0.2) is 26.2 Å². The highest BCUT2D eigenvalue weighted by molar-refractivity contribution is 7.99. The molecule has 0 unspecified atom stereocenters. The Bertz CT molecular complexity index is 892. The Kier molecular flexibility index (Phi) is 5.40. The summed E-state index contributed by atoms with van der Waals surface area (Å²) in [5, 5.41) is 4.04. The molecule has 128 valence electrons. The molecule has 0 bridgehead atoms. The molecular weight excluding hydrogens is 356 g/mol. The van der Waals surface area contributed by atoms with Gasteiger partial charge in [0, 0.05) is 18.6 Å². The Hall–Kier alpha value is -2.31. The Balaban J connectivity index is 1.67. The van der Waals surface area contributed by atoms with E-state index >= 15 is 0 Å². The predicted molar refractivity (Wildman–Crippen MR) is 102 cm³/mol. The first-order valence-electron chi connectivity index (χ1n) is 7.68. The molecule has 2 heterocycles. The van der Waals surface area contributed by atoms with Gasteiger partial charge in [-0.1, -0.05) is 41.1 Å². The van der Waals surface area contributed by atoms with Crippen molar-refractivity contribution < 1.29 is 4.79 Å². The maximum absolute atomic E-state index is 12.1. The van der Waals surface area contributed by atoms with E-state index in [9.17, 15) is 4.79 Å². The summed E-state index contributed by atoms with van der Waals surface area (Å²) in [6.07, 6.45) is 5.14. The van der Waals surface area contributed by atoms with Crippen LogP contribution in [0.25, 0.3) is 5.69 Å². The Labute approximate surface area is 155 Å². The van der Waals surface area contributed by atoms with Crippen LogP contribution in [0.5, 0.6) is 0 Å². The fraction of sp³-hybridized carbons (Fsp3) is 0.167. The van der Waals surface area contributed by atoms with Crippen LogP contribution < -0.4 is 5.32 Å². The fourth-order valence-electron chi connectivity index (χ4n) is 2.41. The predicted octanol–water partition coefficient (Wildman–Crippen LogP) is 4.27. The lowest BCUT2D eigenvalue weighted by atomic mass is 10.1. The van der Waals surface area contributed by atoms with Crippen LogP contribution in [0.3, 0.4) is 0 Å². The summed E-state index contributed by atoms with van der Waals surface area (Å²) in [6, 6.07) is 9.61. The zero-order chi connectivity index (χ0) is 17.8. The van der Waals surface area contributed by atoms with Crippen molar-refractivity contribution in [3.63, 3.8) is 0 Å². The molecule has 0 aliphatic heterocycles. The molecule has 3 aromatic rings. The number of carbonyl (C=O) groups is 1. The van der Waals surface area contributed by atoms with Crippen LogP contribution in [-0.2, 0) is 4.79 Å². The van der Waals surface area contributed by atoms with Crippen molar-refractivity contribution in [1.82, 2.24) is 14.5 Å². The van der Waals surface area contributed by atoms with E-state index in [0.717, 1.165) is 16.4 Å². The van der Waals surface area contributed by atoms with E-state index in [1.165, 1.54) is 23.5 Å². The third kappa shape index (κ3) is 4.41. The highest BCUT2D eigenvalue weighted by Crippen LogP contribution is 2.23. The fourth-order valence-corrected chi connectivity index (χ4v) is 3.29. The first-order chi connectivity index (χ1) is 12.0. The normalized spacial score (nSPS) is 10.7. The van der Waals surface area contributed by atoms with E-state index in [2.05, 4.69) is 47.3 Å². The highest BCUT2D eigenvalue weighted by atomic mass is 35.5. The lowest BCUT2D eigenvalue weighted by molar-refractivity contribution is -0.113. The van der Waals surface area contributed by atoms with Gasteiger partial charge in [-0.25, -0.2) is 9.97 Å². The van der Waals surface area contributed by atoms with Gasteiger partial charge < -0.3 is 5.32 Å². The number of carbonyl (C=O) groups excluding carboxylic acids is 1. The Morgan fingerprint density at radius 3 is 2.80 bits per heavy atom. The SMILES string of the molecule is Cc1ccc(-n2ccnc2SCC(=O)Nc2ccc(Cl)cn2)c(C)c1. The first-order valence-corrected chi connectivity index (χ1v) is 9.04. The molecule has 0 spiro atoms. The van der Waals surface area contributed by atoms with Gasteiger partial charge >= 0.3 is 0 Å². The van der Waals surface area contributed by atoms with Crippen molar-refractivity contribution in [1.29, 1.82) is 0 Å². The third-order valence-electron chi connectivity index (χ3n) is 3.55. The van der Waals surface area contributed by atoms with Gasteiger partial charge in [0.25, 0.3) is 0 Å². The van der Waals surface area contributed by atoms with Crippen LogP contribution in [0.2, 0.25) is 5.02 Å². The van der Waals surface area contributed by atoms with Gasteiger partial charge in [-0.15, -0.1) is 0 Å². The zero-order valence-corrected chi connectivity index (χ0v) is 15.4. The first kappa shape index (κ1) is 17.5. The molecule has 1 amide bonds. The molecule has 2 aromatic heterocycles. The molecule has 5 nitrogen and oxygen atoms in total. The number of aromatic nitrogens is 3. The number of hydrogen-bond donors (Lipinski definition) is 1. The number of hydrogen-bond acceptors (Lipinski definition) is 4. The molecule has 0 saturated carbocycles. The summed E-state index contributed by atoms with van der Waals surface area (Å²) in [5.74, 6) is 0.578. The van der Waals surface area contributed by atoms with Gasteiger partial charge in [0.2, 0.25) is 5.91 Å². The summed E-state index contributed by atoms with van der Waals surface area (Å²) in [4.78, 5) is 20.5. The smallest absolute Gasteiger partial charge is 0.236 e. The Morgan fingerprint density at radius 2 is 2.08 bits per heavy atom. The number of anilines is 1. The molecule has 25 heavy (non-hydrogen) atoms. The van der Waals surface area contributed by atoms with Gasteiger partial charge in [0.05, 0.1) is 16.5 Å². The number of rotatable bonds is 5.